The zero-order chi connectivity index (χ0) is 25.0. The van der Waals surface area contributed by atoms with Gasteiger partial charge in [0.1, 0.15) is 11.3 Å². The van der Waals surface area contributed by atoms with Gasteiger partial charge in [-0.2, -0.15) is 13.2 Å². The van der Waals surface area contributed by atoms with E-state index in [1.54, 1.807) is 39.6 Å². The first-order chi connectivity index (χ1) is 16.6. The summed E-state index contributed by atoms with van der Waals surface area (Å²) in [6, 6.07) is 9.04. The van der Waals surface area contributed by atoms with Crippen molar-refractivity contribution in [1.82, 2.24) is 18.9 Å². The molecule has 4 aromatic rings. The van der Waals surface area contributed by atoms with E-state index in [4.69, 9.17) is 5.73 Å². The summed E-state index contributed by atoms with van der Waals surface area (Å²) in [5.74, 6) is -0.843. The van der Waals surface area contributed by atoms with Crippen molar-refractivity contribution in [3.05, 3.63) is 77.8 Å². The fraction of sp³-hybridized carbons (Fsp3) is 0.292. The SMILES string of the molecule is Cc1ccn2c(C(=O)Nc3cc(-n4cnc(C5CC(O)(C(F)(F)F)C5)c4)ccc3CN)cnc2c1. The highest BCUT2D eigenvalue weighted by Crippen LogP contribution is 2.52. The molecule has 1 saturated carbocycles. The van der Waals surface area contributed by atoms with E-state index in [1.807, 2.05) is 19.1 Å². The number of halogens is 3. The summed E-state index contributed by atoms with van der Waals surface area (Å²) >= 11 is 0. The van der Waals surface area contributed by atoms with Crippen LogP contribution in [-0.2, 0) is 6.54 Å². The van der Waals surface area contributed by atoms with Crippen molar-refractivity contribution < 1.29 is 23.1 Å². The fourth-order valence-electron chi connectivity index (χ4n) is 4.34. The largest absolute Gasteiger partial charge is 0.417 e. The Hall–Kier alpha value is -3.70. The van der Waals surface area contributed by atoms with Gasteiger partial charge in [-0.3, -0.25) is 9.20 Å². The maximum absolute atomic E-state index is 13.0. The smallest absolute Gasteiger partial charge is 0.380 e. The van der Waals surface area contributed by atoms with E-state index in [9.17, 15) is 23.1 Å². The Morgan fingerprint density at radius 2 is 2.03 bits per heavy atom. The van der Waals surface area contributed by atoms with E-state index >= 15 is 0 Å². The van der Waals surface area contributed by atoms with Gasteiger partial charge < -0.3 is 20.7 Å². The summed E-state index contributed by atoms with van der Waals surface area (Å²) < 4.78 is 42.2. The van der Waals surface area contributed by atoms with Gasteiger partial charge in [-0.15, -0.1) is 0 Å². The molecule has 182 valence electrons. The number of hydrogen-bond acceptors (Lipinski definition) is 5. The first-order valence-electron chi connectivity index (χ1n) is 11.0. The van der Waals surface area contributed by atoms with Crippen LogP contribution in [-0.4, -0.2) is 41.7 Å². The van der Waals surface area contributed by atoms with Crippen molar-refractivity contribution in [3.8, 4) is 5.69 Å². The molecule has 4 N–H and O–H groups in total. The third-order valence-electron chi connectivity index (χ3n) is 6.48. The van der Waals surface area contributed by atoms with Crippen LogP contribution in [0.3, 0.4) is 0 Å². The molecule has 1 fully saturated rings. The zero-order valence-corrected chi connectivity index (χ0v) is 18.8. The van der Waals surface area contributed by atoms with Gasteiger partial charge in [0.2, 0.25) is 0 Å². The van der Waals surface area contributed by atoms with Crippen LogP contribution in [0.4, 0.5) is 18.9 Å². The number of aromatic nitrogens is 4. The number of carbonyl (C=O) groups excluding carboxylic acids is 1. The number of aliphatic hydroxyl groups is 1. The van der Waals surface area contributed by atoms with Gasteiger partial charge in [0.05, 0.1) is 18.2 Å². The Labute approximate surface area is 198 Å². The fourth-order valence-corrected chi connectivity index (χ4v) is 4.34. The van der Waals surface area contributed by atoms with Crippen LogP contribution >= 0.6 is 0 Å². The number of pyridine rings is 1. The van der Waals surface area contributed by atoms with Crippen LogP contribution in [0.1, 0.15) is 46.1 Å². The van der Waals surface area contributed by atoms with E-state index < -0.39 is 30.5 Å². The minimum absolute atomic E-state index is 0.190. The Morgan fingerprint density at radius 3 is 2.74 bits per heavy atom. The second kappa shape index (κ2) is 8.21. The van der Waals surface area contributed by atoms with Crippen LogP contribution in [0.25, 0.3) is 11.3 Å². The minimum Gasteiger partial charge on any atom is -0.380 e. The number of nitrogens with zero attached hydrogens (tertiary/aromatic N) is 4. The first-order valence-corrected chi connectivity index (χ1v) is 11.0. The predicted molar refractivity (Wildman–Crippen MR) is 122 cm³/mol. The summed E-state index contributed by atoms with van der Waals surface area (Å²) in [7, 11) is 0. The molecule has 1 aliphatic rings. The number of anilines is 1. The summed E-state index contributed by atoms with van der Waals surface area (Å²) in [5, 5.41) is 12.6. The van der Waals surface area contributed by atoms with Crippen molar-refractivity contribution in [2.24, 2.45) is 5.73 Å². The second-order valence-corrected chi connectivity index (χ2v) is 8.92. The molecule has 0 unspecified atom stereocenters. The zero-order valence-electron chi connectivity index (χ0n) is 18.8. The lowest BCUT2D eigenvalue weighted by Crippen LogP contribution is -2.54. The molecule has 1 amide bonds. The monoisotopic (exact) mass is 484 g/mol. The molecule has 3 aromatic heterocycles. The lowest BCUT2D eigenvalue weighted by atomic mass is 9.69. The van der Waals surface area contributed by atoms with Gasteiger partial charge in [0.15, 0.2) is 5.60 Å². The topological polar surface area (TPSA) is 110 Å². The number of hydrogen-bond donors (Lipinski definition) is 3. The van der Waals surface area contributed by atoms with E-state index in [0.717, 1.165) is 5.56 Å². The number of nitrogens with two attached hydrogens (primary N) is 1. The van der Waals surface area contributed by atoms with Crippen molar-refractivity contribution in [1.29, 1.82) is 0 Å². The van der Waals surface area contributed by atoms with Crippen molar-refractivity contribution in [2.75, 3.05) is 5.32 Å². The van der Waals surface area contributed by atoms with Gasteiger partial charge in [0, 0.05) is 36.2 Å². The van der Waals surface area contributed by atoms with Crippen molar-refractivity contribution in [2.45, 2.75) is 44.0 Å². The van der Waals surface area contributed by atoms with Crippen molar-refractivity contribution >= 4 is 17.2 Å². The van der Waals surface area contributed by atoms with E-state index in [2.05, 4.69) is 15.3 Å². The number of aryl methyl sites for hydroxylation is 1. The van der Waals surface area contributed by atoms with Crippen LogP contribution in [0.5, 0.6) is 0 Å². The van der Waals surface area contributed by atoms with Crippen LogP contribution in [0, 0.1) is 6.92 Å². The van der Waals surface area contributed by atoms with E-state index in [0.29, 0.717) is 34.0 Å². The lowest BCUT2D eigenvalue weighted by molar-refractivity contribution is -0.291. The number of rotatable bonds is 5. The number of nitrogens with one attached hydrogen (secondary N) is 1. The maximum atomic E-state index is 13.0. The highest BCUT2D eigenvalue weighted by Gasteiger charge is 2.61. The molecule has 0 radical (unpaired) electrons. The van der Waals surface area contributed by atoms with Gasteiger partial charge in [0.25, 0.3) is 5.91 Å². The molecular weight excluding hydrogens is 461 g/mol. The highest BCUT2D eigenvalue weighted by atomic mass is 19.4. The Bertz CT molecular complexity index is 1420. The quantitative estimate of drug-likeness (QED) is 0.400. The molecule has 0 bridgehead atoms. The summed E-state index contributed by atoms with van der Waals surface area (Å²) in [5.41, 5.74) is 7.58. The van der Waals surface area contributed by atoms with Crippen LogP contribution in [0.2, 0.25) is 0 Å². The molecule has 0 saturated heterocycles. The number of imidazole rings is 2. The van der Waals surface area contributed by atoms with Gasteiger partial charge in [-0.1, -0.05) is 6.07 Å². The number of benzene rings is 1. The lowest BCUT2D eigenvalue weighted by Gasteiger charge is -2.43. The number of amides is 1. The Kier molecular flexibility index (Phi) is 5.41. The average Bonchev–Trinajstić information content (AvgIpc) is 3.43. The van der Waals surface area contributed by atoms with Gasteiger partial charge >= 0.3 is 6.18 Å². The van der Waals surface area contributed by atoms with Gasteiger partial charge in [-0.05, 0) is 55.2 Å². The molecular formula is C24H23F3N6O2. The van der Waals surface area contributed by atoms with E-state index in [1.165, 1.54) is 12.5 Å². The molecule has 8 nitrogen and oxygen atoms in total. The number of fused-ring (bicyclic) bond motifs is 1. The predicted octanol–water partition coefficient (Wildman–Crippen LogP) is 3.71. The van der Waals surface area contributed by atoms with Crippen molar-refractivity contribution in [3.63, 3.8) is 0 Å². The van der Waals surface area contributed by atoms with Crippen LogP contribution in [0.15, 0.2) is 55.2 Å². The van der Waals surface area contributed by atoms with Crippen LogP contribution < -0.4 is 11.1 Å². The average molecular weight is 484 g/mol. The number of carbonyl (C=O) groups is 1. The molecule has 1 aromatic carbocycles. The standard InChI is InChI=1S/C24H23F3N6O2/c1-14-4-5-33-20(11-29-21(33)6-14)22(34)31-18-7-17(3-2-15(18)10-28)32-12-19(30-13-32)16-8-23(35,9-16)24(25,26)27/h2-7,11-13,16,35H,8-10,28H2,1H3,(H,31,34). The third-order valence-corrected chi connectivity index (χ3v) is 6.48. The number of alkyl halides is 3. The van der Waals surface area contributed by atoms with E-state index in [-0.39, 0.29) is 12.5 Å². The maximum Gasteiger partial charge on any atom is 0.417 e. The normalized spacial score (nSPS) is 20.1. The molecule has 35 heavy (non-hydrogen) atoms. The molecule has 3 heterocycles. The Morgan fingerprint density at radius 1 is 1.26 bits per heavy atom. The van der Waals surface area contributed by atoms with Gasteiger partial charge in [-0.25, -0.2) is 9.97 Å². The molecule has 5 rings (SSSR count). The summed E-state index contributed by atoms with van der Waals surface area (Å²) in [4.78, 5) is 21.5. The Balaban J connectivity index is 1.37. The minimum atomic E-state index is -4.66. The second-order valence-electron chi connectivity index (χ2n) is 8.92. The first kappa shape index (κ1) is 23.1. The summed E-state index contributed by atoms with van der Waals surface area (Å²) in [6.45, 7) is 2.13. The summed E-state index contributed by atoms with van der Waals surface area (Å²) in [6.07, 6.45) is 0.919. The highest BCUT2D eigenvalue weighted by molar-refractivity contribution is 6.04. The molecule has 1 aliphatic carbocycles. The third kappa shape index (κ3) is 4.06. The molecule has 0 spiro atoms. The molecule has 0 aliphatic heterocycles. The molecule has 11 heteroatoms. The molecule has 0 atom stereocenters.